The van der Waals surface area contributed by atoms with E-state index >= 15 is 0 Å². The van der Waals surface area contributed by atoms with Crippen molar-refractivity contribution in [1.82, 2.24) is 20.1 Å². The van der Waals surface area contributed by atoms with Crippen LogP contribution in [0, 0.1) is 5.92 Å². The van der Waals surface area contributed by atoms with Gasteiger partial charge in [0.05, 0.1) is 0 Å². The Balaban J connectivity index is 1.33. The summed E-state index contributed by atoms with van der Waals surface area (Å²) in [5.74, 6) is 1.13. The summed E-state index contributed by atoms with van der Waals surface area (Å²) in [6.45, 7) is 6.63. The Morgan fingerprint density at radius 2 is 2.00 bits per heavy atom. The number of amides is 2. The van der Waals surface area contributed by atoms with E-state index in [1.54, 1.807) is 7.11 Å². The molecule has 2 aliphatic rings. The molecule has 0 aliphatic carbocycles. The molecule has 0 unspecified atom stereocenters. The van der Waals surface area contributed by atoms with Crippen molar-refractivity contribution in [2.45, 2.75) is 31.6 Å². The lowest BCUT2D eigenvalue weighted by atomic mass is 9.90. The number of methoxy groups -OCH3 is 1. The quantitative estimate of drug-likeness (QED) is 0.758. The third-order valence-electron chi connectivity index (χ3n) is 5.69. The Morgan fingerprint density at radius 3 is 2.73 bits per heavy atom. The molecule has 0 aromatic carbocycles. The number of aromatic nitrogens is 1. The van der Waals surface area contributed by atoms with Crippen molar-refractivity contribution in [2.24, 2.45) is 5.92 Å². The number of piperidine rings is 1. The first-order valence-electron chi connectivity index (χ1n) is 9.90. The minimum Gasteiger partial charge on any atom is -0.385 e. The van der Waals surface area contributed by atoms with E-state index in [-0.39, 0.29) is 6.03 Å². The van der Waals surface area contributed by atoms with Crippen LogP contribution in [0.15, 0.2) is 24.5 Å². The molecule has 6 heteroatoms. The molecule has 2 amide bonds. The average Bonchev–Trinajstić information content (AvgIpc) is 3.15. The van der Waals surface area contributed by atoms with Crippen LogP contribution in [0.25, 0.3) is 0 Å². The summed E-state index contributed by atoms with van der Waals surface area (Å²) in [7, 11) is 1.75. The third kappa shape index (κ3) is 5.42. The smallest absolute Gasteiger partial charge is 0.317 e. The number of carbonyl (C=O) groups is 1. The van der Waals surface area contributed by atoms with Gasteiger partial charge in [-0.15, -0.1) is 0 Å². The molecule has 3 rings (SSSR count). The van der Waals surface area contributed by atoms with Crippen molar-refractivity contribution in [1.29, 1.82) is 0 Å². The molecule has 3 heterocycles. The highest BCUT2D eigenvalue weighted by molar-refractivity contribution is 5.74. The summed E-state index contributed by atoms with van der Waals surface area (Å²) >= 11 is 0. The summed E-state index contributed by atoms with van der Waals surface area (Å²) < 4.78 is 5.12. The van der Waals surface area contributed by atoms with E-state index in [1.807, 2.05) is 17.3 Å². The van der Waals surface area contributed by atoms with Crippen LogP contribution in [0.3, 0.4) is 0 Å². The molecular formula is C20H32N4O2. The highest BCUT2D eigenvalue weighted by Gasteiger charge is 2.26. The van der Waals surface area contributed by atoms with Crippen LogP contribution in [-0.4, -0.2) is 73.8 Å². The van der Waals surface area contributed by atoms with Gasteiger partial charge in [-0.25, -0.2) is 4.79 Å². The van der Waals surface area contributed by atoms with Gasteiger partial charge in [0, 0.05) is 58.8 Å². The topological polar surface area (TPSA) is 57.7 Å². The zero-order valence-electron chi connectivity index (χ0n) is 15.9. The average molecular weight is 361 g/mol. The summed E-state index contributed by atoms with van der Waals surface area (Å²) in [5.41, 5.74) is 1.35. The Hall–Kier alpha value is -1.66. The van der Waals surface area contributed by atoms with Gasteiger partial charge in [0.25, 0.3) is 0 Å². The molecule has 144 valence electrons. The lowest BCUT2D eigenvalue weighted by Gasteiger charge is -2.32. The molecule has 0 radical (unpaired) electrons. The highest BCUT2D eigenvalue weighted by Crippen LogP contribution is 2.27. The number of carbonyl (C=O) groups excluding carboxylic acids is 1. The molecule has 0 saturated carbocycles. The minimum absolute atomic E-state index is 0.107. The van der Waals surface area contributed by atoms with Crippen molar-refractivity contribution < 1.29 is 9.53 Å². The number of pyridine rings is 1. The first-order valence-corrected chi connectivity index (χ1v) is 9.90. The normalized spacial score (nSPS) is 21.9. The van der Waals surface area contributed by atoms with E-state index < -0.39 is 0 Å². The van der Waals surface area contributed by atoms with Gasteiger partial charge in [0.15, 0.2) is 0 Å². The van der Waals surface area contributed by atoms with E-state index in [9.17, 15) is 4.79 Å². The number of rotatable bonds is 7. The van der Waals surface area contributed by atoms with E-state index in [4.69, 9.17) is 4.74 Å². The van der Waals surface area contributed by atoms with E-state index in [0.717, 1.165) is 65.1 Å². The SMILES string of the molecule is COCCCN1CC[C@@H](CNC(=O)N2CCC(c3ccncc3)CC2)C1. The first kappa shape index (κ1) is 19.1. The summed E-state index contributed by atoms with van der Waals surface area (Å²) in [4.78, 5) is 21.0. The second-order valence-electron chi connectivity index (χ2n) is 7.53. The maximum absolute atomic E-state index is 12.5. The van der Waals surface area contributed by atoms with Crippen molar-refractivity contribution >= 4 is 6.03 Å². The van der Waals surface area contributed by atoms with Gasteiger partial charge in [-0.05, 0) is 61.8 Å². The maximum Gasteiger partial charge on any atom is 0.317 e. The fraction of sp³-hybridized carbons (Fsp3) is 0.700. The van der Waals surface area contributed by atoms with Crippen molar-refractivity contribution in [3.8, 4) is 0 Å². The minimum atomic E-state index is 0.107. The summed E-state index contributed by atoms with van der Waals surface area (Å²) in [5, 5.41) is 3.16. The lowest BCUT2D eigenvalue weighted by molar-refractivity contribution is 0.176. The van der Waals surface area contributed by atoms with Crippen molar-refractivity contribution in [2.75, 3.05) is 53.0 Å². The Labute approximate surface area is 156 Å². The monoisotopic (exact) mass is 360 g/mol. The van der Waals surface area contributed by atoms with Crippen LogP contribution in [0.4, 0.5) is 4.79 Å². The van der Waals surface area contributed by atoms with Gasteiger partial charge in [0.2, 0.25) is 0 Å². The number of hydrogen-bond acceptors (Lipinski definition) is 4. The zero-order valence-corrected chi connectivity index (χ0v) is 15.9. The molecule has 0 spiro atoms. The van der Waals surface area contributed by atoms with Gasteiger partial charge >= 0.3 is 6.03 Å². The predicted molar refractivity (Wildman–Crippen MR) is 102 cm³/mol. The Bertz CT molecular complexity index is 546. The van der Waals surface area contributed by atoms with Crippen LogP contribution in [0.1, 0.15) is 37.2 Å². The zero-order chi connectivity index (χ0) is 18.2. The molecule has 1 aromatic rings. The first-order chi connectivity index (χ1) is 12.8. The number of likely N-dealkylation sites (tertiary alicyclic amines) is 2. The van der Waals surface area contributed by atoms with Gasteiger partial charge in [0.1, 0.15) is 0 Å². The molecule has 1 atom stereocenters. The second-order valence-corrected chi connectivity index (χ2v) is 7.53. The molecule has 6 nitrogen and oxygen atoms in total. The third-order valence-corrected chi connectivity index (χ3v) is 5.69. The Morgan fingerprint density at radius 1 is 1.23 bits per heavy atom. The number of ether oxygens (including phenoxy) is 1. The van der Waals surface area contributed by atoms with Crippen LogP contribution >= 0.6 is 0 Å². The second kappa shape index (κ2) is 9.88. The van der Waals surface area contributed by atoms with Gasteiger partial charge in [-0.1, -0.05) is 0 Å². The standard InChI is InChI=1S/C20H32N4O2/c1-26-14-2-10-23-11-5-17(16-23)15-22-20(25)24-12-6-19(7-13-24)18-3-8-21-9-4-18/h3-4,8-9,17,19H,2,5-7,10-16H2,1H3,(H,22,25)/t17-/m0/s1. The van der Waals surface area contributed by atoms with Gasteiger partial charge < -0.3 is 19.9 Å². The predicted octanol–water partition coefficient (Wildman–Crippen LogP) is 2.33. The largest absolute Gasteiger partial charge is 0.385 e. The van der Waals surface area contributed by atoms with Crippen LogP contribution in [-0.2, 0) is 4.74 Å². The number of nitrogens with one attached hydrogen (secondary N) is 1. The highest BCUT2D eigenvalue weighted by atomic mass is 16.5. The van der Waals surface area contributed by atoms with Crippen molar-refractivity contribution in [3.05, 3.63) is 30.1 Å². The molecule has 2 fully saturated rings. The molecule has 26 heavy (non-hydrogen) atoms. The number of hydrogen-bond donors (Lipinski definition) is 1. The van der Waals surface area contributed by atoms with E-state index in [2.05, 4.69) is 27.3 Å². The summed E-state index contributed by atoms with van der Waals surface area (Å²) in [6.07, 6.45) is 8.05. The molecule has 2 saturated heterocycles. The summed E-state index contributed by atoms with van der Waals surface area (Å²) in [6, 6.07) is 4.30. The number of nitrogens with zero attached hydrogens (tertiary/aromatic N) is 3. The van der Waals surface area contributed by atoms with Gasteiger partial charge in [-0.3, -0.25) is 4.98 Å². The maximum atomic E-state index is 12.5. The number of urea groups is 1. The Kier molecular flexibility index (Phi) is 7.26. The molecule has 1 N–H and O–H groups in total. The molecule has 0 bridgehead atoms. The van der Waals surface area contributed by atoms with Crippen molar-refractivity contribution in [3.63, 3.8) is 0 Å². The van der Waals surface area contributed by atoms with Gasteiger partial charge in [-0.2, -0.15) is 0 Å². The molecular weight excluding hydrogens is 328 g/mol. The van der Waals surface area contributed by atoms with Crippen LogP contribution in [0.2, 0.25) is 0 Å². The van der Waals surface area contributed by atoms with Crippen LogP contribution < -0.4 is 5.32 Å². The fourth-order valence-corrected chi connectivity index (χ4v) is 4.11. The van der Waals surface area contributed by atoms with E-state index in [0.29, 0.717) is 11.8 Å². The lowest BCUT2D eigenvalue weighted by Crippen LogP contribution is -2.45. The molecule has 2 aliphatic heterocycles. The molecule has 1 aromatic heterocycles. The van der Waals surface area contributed by atoms with E-state index in [1.165, 1.54) is 12.0 Å². The van der Waals surface area contributed by atoms with Crippen LogP contribution in [0.5, 0.6) is 0 Å². The fourth-order valence-electron chi connectivity index (χ4n) is 4.11.